The van der Waals surface area contributed by atoms with Gasteiger partial charge in [0.2, 0.25) is 5.89 Å². The lowest BCUT2D eigenvalue weighted by atomic mass is 10.1. The molecule has 8 heteroatoms. The van der Waals surface area contributed by atoms with E-state index >= 15 is 0 Å². The normalized spacial score (nSPS) is 11.6. The molecule has 1 aromatic heterocycles. The number of aliphatic carboxylic acids is 1. The van der Waals surface area contributed by atoms with Crippen molar-refractivity contribution in [3.05, 3.63) is 101 Å². The van der Waals surface area contributed by atoms with Gasteiger partial charge in [-0.2, -0.15) is 0 Å². The molecule has 0 fully saturated rings. The second-order valence-electron chi connectivity index (χ2n) is 9.11. The highest BCUT2D eigenvalue weighted by molar-refractivity contribution is 5.78. The maximum atomic E-state index is 12.6. The van der Waals surface area contributed by atoms with Crippen LogP contribution in [-0.2, 0) is 11.3 Å². The van der Waals surface area contributed by atoms with Crippen molar-refractivity contribution in [1.29, 1.82) is 0 Å². The van der Waals surface area contributed by atoms with Gasteiger partial charge in [0.25, 0.3) is 0 Å². The van der Waals surface area contributed by atoms with Gasteiger partial charge >= 0.3 is 12.1 Å². The Morgan fingerprint density at radius 3 is 2.26 bits per heavy atom. The van der Waals surface area contributed by atoms with E-state index in [1.807, 2.05) is 63.2 Å². The van der Waals surface area contributed by atoms with Crippen LogP contribution in [0, 0.1) is 13.8 Å². The van der Waals surface area contributed by atoms with E-state index in [0.29, 0.717) is 24.0 Å². The maximum Gasteiger partial charge on any atom is 0.416 e. The van der Waals surface area contributed by atoms with Crippen LogP contribution in [0.1, 0.15) is 35.4 Å². The number of aromatic nitrogens is 1. The van der Waals surface area contributed by atoms with Crippen LogP contribution in [0.25, 0.3) is 11.5 Å². The van der Waals surface area contributed by atoms with Crippen molar-refractivity contribution in [2.45, 2.75) is 33.2 Å². The third-order valence-corrected chi connectivity index (χ3v) is 5.93. The van der Waals surface area contributed by atoms with Gasteiger partial charge in [-0.1, -0.05) is 55.0 Å². The summed E-state index contributed by atoms with van der Waals surface area (Å²) in [5, 5.41) is 9.28. The number of amides is 1. The van der Waals surface area contributed by atoms with Gasteiger partial charge in [0.15, 0.2) is 0 Å². The highest BCUT2D eigenvalue weighted by Crippen LogP contribution is 2.27. The molecular weight excluding hydrogens is 484 g/mol. The first kappa shape index (κ1) is 26.5. The standard InChI is InChI=1S/C30H30N2O6/c1-20-9-13-26(14-10-20)38-30(35)32(18-27(33)34)17-23-11-15-25(16-12-23)36-19-21(2)28-22(3)37-29(31-28)24-7-5-4-6-8-24/h4-16,21H,17-19H2,1-3H3,(H,33,34). The van der Waals surface area contributed by atoms with Crippen molar-refractivity contribution in [2.24, 2.45) is 0 Å². The monoisotopic (exact) mass is 514 g/mol. The number of benzene rings is 3. The lowest BCUT2D eigenvalue weighted by molar-refractivity contribution is -0.138. The number of hydrogen-bond donors (Lipinski definition) is 1. The SMILES string of the molecule is Cc1ccc(OC(=O)N(CC(=O)O)Cc2ccc(OCC(C)c3nc(-c4ccccc4)oc3C)cc2)cc1. The molecule has 0 radical (unpaired) electrons. The Balaban J connectivity index is 1.35. The smallest absolute Gasteiger partial charge is 0.416 e. The Morgan fingerprint density at radius 2 is 1.61 bits per heavy atom. The number of carbonyl (C=O) groups is 2. The average molecular weight is 515 g/mol. The summed E-state index contributed by atoms with van der Waals surface area (Å²) in [4.78, 5) is 29.8. The van der Waals surface area contributed by atoms with Gasteiger partial charge < -0.3 is 19.0 Å². The van der Waals surface area contributed by atoms with E-state index in [2.05, 4.69) is 4.98 Å². The molecule has 1 amide bonds. The Morgan fingerprint density at radius 1 is 0.947 bits per heavy atom. The van der Waals surface area contributed by atoms with E-state index in [0.717, 1.165) is 33.0 Å². The fourth-order valence-corrected chi connectivity index (χ4v) is 3.90. The van der Waals surface area contributed by atoms with E-state index in [1.54, 1.807) is 36.4 Å². The van der Waals surface area contributed by atoms with E-state index < -0.39 is 18.6 Å². The van der Waals surface area contributed by atoms with Crippen molar-refractivity contribution < 1.29 is 28.6 Å². The highest BCUT2D eigenvalue weighted by atomic mass is 16.6. The largest absolute Gasteiger partial charge is 0.493 e. The predicted molar refractivity (Wildman–Crippen MR) is 142 cm³/mol. The van der Waals surface area contributed by atoms with Crippen LogP contribution in [0.4, 0.5) is 4.79 Å². The first-order chi connectivity index (χ1) is 18.3. The topological polar surface area (TPSA) is 102 Å². The van der Waals surface area contributed by atoms with Crippen LogP contribution in [0.15, 0.2) is 83.3 Å². The summed E-state index contributed by atoms with van der Waals surface area (Å²) >= 11 is 0. The van der Waals surface area contributed by atoms with Crippen LogP contribution in [0.5, 0.6) is 11.5 Å². The summed E-state index contributed by atoms with van der Waals surface area (Å²) in [5.74, 6) is 1.22. The molecule has 4 rings (SSSR count). The molecule has 0 aliphatic carbocycles. The lowest BCUT2D eigenvalue weighted by Crippen LogP contribution is -2.37. The quantitative estimate of drug-likeness (QED) is 0.268. The van der Waals surface area contributed by atoms with E-state index in [1.165, 1.54) is 0 Å². The number of carboxylic acid groups (broad SMARTS) is 1. The summed E-state index contributed by atoms with van der Waals surface area (Å²) in [6.07, 6.45) is -0.733. The molecule has 0 aliphatic rings. The number of ether oxygens (including phenoxy) is 2. The molecule has 0 saturated carbocycles. The summed E-state index contributed by atoms with van der Waals surface area (Å²) in [6.45, 7) is 5.84. The zero-order valence-electron chi connectivity index (χ0n) is 21.6. The number of rotatable bonds is 10. The third-order valence-electron chi connectivity index (χ3n) is 5.93. The van der Waals surface area contributed by atoms with E-state index in [-0.39, 0.29) is 12.5 Å². The number of aryl methyl sites for hydroxylation is 2. The molecule has 1 heterocycles. The van der Waals surface area contributed by atoms with Crippen LogP contribution in [-0.4, -0.2) is 40.2 Å². The molecule has 0 aliphatic heterocycles. The number of hydrogen-bond acceptors (Lipinski definition) is 6. The molecule has 1 unspecified atom stereocenters. The molecule has 196 valence electrons. The third kappa shape index (κ3) is 7.00. The number of carboxylic acids is 1. The summed E-state index contributed by atoms with van der Waals surface area (Å²) < 4.78 is 17.2. The first-order valence-corrected chi connectivity index (χ1v) is 12.3. The second kappa shape index (κ2) is 12.1. The Hall–Kier alpha value is -4.59. The minimum Gasteiger partial charge on any atom is -0.493 e. The molecular formula is C30H30N2O6. The fraction of sp³-hybridized carbons (Fsp3) is 0.233. The van der Waals surface area contributed by atoms with Gasteiger partial charge in [0.1, 0.15) is 23.8 Å². The molecule has 1 atom stereocenters. The van der Waals surface area contributed by atoms with Gasteiger partial charge in [-0.25, -0.2) is 9.78 Å². The van der Waals surface area contributed by atoms with Gasteiger partial charge in [-0.15, -0.1) is 0 Å². The van der Waals surface area contributed by atoms with Crippen LogP contribution >= 0.6 is 0 Å². The Kier molecular flexibility index (Phi) is 8.43. The first-order valence-electron chi connectivity index (χ1n) is 12.3. The van der Waals surface area contributed by atoms with E-state index in [9.17, 15) is 14.7 Å². The summed E-state index contributed by atoms with van der Waals surface area (Å²) in [5.41, 5.74) is 3.53. The molecule has 0 saturated heterocycles. The maximum absolute atomic E-state index is 12.6. The lowest BCUT2D eigenvalue weighted by Gasteiger charge is -2.20. The molecule has 3 aromatic carbocycles. The second-order valence-corrected chi connectivity index (χ2v) is 9.11. The Labute approximate surface area is 221 Å². The van der Waals surface area contributed by atoms with Gasteiger partial charge in [-0.05, 0) is 55.8 Å². The molecule has 0 bridgehead atoms. The van der Waals surface area contributed by atoms with Gasteiger partial charge in [0, 0.05) is 18.0 Å². The van der Waals surface area contributed by atoms with Crippen LogP contribution < -0.4 is 9.47 Å². The molecule has 38 heavy (non-hydrogen) atoms. The van der Waals surface area contributed by atoms with Crippen LogP contribution in [0.3, 0.4) is 0 Å². The van der Waals surface area contributed by atoms with Crippen molar-refractivity contribution in [3.8, 4) is 23.0 Å². The zero-order chi connectivity index (χ0) is 27.1. The molecule has 1 N–H and O–H groups in total. The Bertz CT molecular complexity index is 1360. The van der Waals surface area contributed by atoms with Crippen molar-refractivity contribution in [2.75, 3.05) is 13.2 Å². The van der Waals surface area contributed by atoms with Crippen LogP contribution in [0.2, 0.25) is 0 Å². The zero-order valence-corrected chi connectivity index (χ0v) is 21.6. The minimum absolute atomic E-state index is 0.00140. The van der Waals surface area contributed by atoms with Crippen molar-refractivity contribution in [3.63, 3.8) is 0 Å². The number of oxazole rings is 1. The number of nitrogens with zero attached hydrogens (tertiary/aromatic N) is 2. The summed E-state index contributed by atoms with van der Waals surface area (Å²) in [7, 11) is 0. The molecule has 4 aromatic rings. The summed E-state index contributed by atoms with van der Waals surface area (Å²) in [6, 6.07) is 23.9. The predicted octanol–water partition coefficient (Wildman–Crippen LogP) is 6.23. The van der Waals surface area contributed by atoms with E-state index in [4.69, 9.17) is 13.9 Å². The average Bonchev–Trinajstić information content (AvgIpc) is 3.31. The van der Waals surface area contributed by atoms with Crippen molar-refractivity contribution in [1.82, 2.24) is 9.88 Å². The highest BCUT2D eigenvalue weighted by Gasteiger charge is 2.20. The molecule has 8 nitrogen and oxygen atoms in total. The van der Waals surface area contributed by atoms with Crippen molar-refractivity contribution >= 4 is 12.1 Å². The van der Waals surface area contributed by atoms with Gasteiger partial charge in [0.05, 0.1) is 12.3 Å². The minimum atomic E-state index is -1.13. The van der Waals surface area contributed by atoms with Gasteiger partial charge in [-0.3, -0.25) is 9.69 Å². The fourth-order valence-electron chi connectivity index (χ4n) is 3.90. The number of carbonyl (C=O) groups excluding carboxylic acids is 1. The molecule has 0 spiro atoms.